The molecule has 0 aromatic heterocycles. The smallest absolute Gasteiger partial charge is 0.265 e. The van der Waals surface area contributed by atoms with Gasteiger partial charge in [0, 0.05) is 16.1 Å². The summed E-state index contributed by atoms with van der Waals surface area (Å²) in [5.74, 6) is 0.0112. The van der Waals surface area contributed by atoms with E-state index in [1.165, 1.54) is 0 Å². The third kappa shape index (κ3) is 4.76. The van der Waals surface area contributed by atoms with Crippen LogP contribution in [0.3, 0.4) is 0 Å². The molecule has 0 radical (unpaired) electrons. The molecule has 0 fully saturated rings. The Kier molecular flexibility index (Phi) is 6.01. The number of benzene rings is 4. The Bertz CT molecular complexity index is 1250. The van der Waals surface area contributed by atoms with E-state index in [0.29, 0.717) is 27.6 Å². The lowest BCUT2D eigenvalue weighted by atomic mass is 10.0. The van der Waals surface area contributed by atoms with Gasteiger partial charge in [-0.3, -0.25) is 9.59 Å². The molecule has 1 atom stereocenters. The molecular weight excluding hydrogens is 410 g/mol. The first-order valence-electron chi connectivity index (χ1n) is 9.87. The first-order valence-corrected chi connectivity index (χ1v) is 10.2. The van der Waals surface area contributed by atoms with Crippen molar-refractivity contribution < 1.29 is 14.3 Å². The summed E-state index contributed by atoms with van der Waals surface area (Å²) in [7, 11) is 0. The molecule has 31 heavy (non-hydrogen) atoms. The predicted octanol–water partition coefficient (Wildman–Crippen LogP) is 6.13. The van der Waals surface area contributed by atoms with Crippen LogP contribution in [-0.2, 0) is 4.79 Å². The van der Waals surface area contributed by atoms with Gasteiger partial charge in [0.05, 0.1) is 5.69 Å². The summed E-state index contributed by atoms with van der Waals surface area (Å²) >= 11 is 6.11. The lowest BCUT2D eigenvalue weighted by Crippen LogP contribution is -2.30. The van der Waals surface area contributed by atoms with Crippen molar-refractivity contribution in [2.24, 2.45) is 0 Å². The highest BCUT2D eigenvalue weighted by molar-refractivity contribution is 6.31. The van der Waals surface area contributed by atoms with E-state index in [1.54, 1.807) is 49.4 Å². The van der Waals surface area contributed by atoms with Crippen LogP contribution in [-0.4, -0.2) is 17.8 Å². The lowest BCUT2D eigenvalue weighted by Gasteiger charge is -2.17. The Morgan fingerprint density at radius 3 is 2.32 bits per heavy atom. The molecule has 4 nitrogen and oxygen atoms in total. The Morgan fingerprint density at radius 2 is 1.55 bits per heavy atom. The normalized spacial score (nSPS) is 11.7. The van der Waals surface area contributed by atoms with Crippen LogP contribution in [0.4, 0.5) is 5.69 Å². The third-order valence-electron chi connectivity index (χ3n) is 4.92. The number of ketones is 1. The van der Waals surface area contributed by atoms with Crippen molar-refractivity contribution in [2.45, 2.75) is 13.0 Å². The molecule has 1 unspecified atom stereocenters. The summed E-state index contributed by atoms with van der Waals surface area (Å²) < 4.78 is 5.84. The summed E-state index contributed by atoms with van der Waals surface area (Å²) in [6, 6.07) is 27.3. The van der Waals surface area contributed by atoms with Crippen molar-refractivity contribution in [2.75, 3.05) is 5.32 Å². The number of anilines is 1. The van der Waals surface area contributed by atoms with E-state index in [4.69, 9.17) is 16.3 Å². The largest absolute Gasteiger partial charge is 0.481 e. The maximum Gasteiger partial charge on any atom is 0.265 e. The Labute approximate surface area is 185 Å². The zero-order chi connectivity index (χ0) is 21.8. The van der Waals surface area contributed by atoms with Crippen LogP contribution in [0.2, 0.25) is 5.02 Å². The minimum Gasteiger partial charge on any atom is -0.481 e. The van der Waals surface area contributed by atoms with E-state index in [-0.39, 0.29) is 11.7 Å². The van der Waals surface area contributed by atoms with E-state index >= 15 is 0 Å². The van der Waals surface area contributed by atoms with Crippen LogP contribution in [0.5, 0.6) is 5.75 Å². The second-order valence-electron chi connectivity index (χ2n) is 7.14. The van der Waals surface area contributed by atoms with Crippen molar-refractivity contribution in [1.29, 1.82) is 0 Å². The number of rotatable bonds is 6. The minimum atomic E-state index is -0.767. The van der Waals surface area contributed by atoms with Crippen LogP contribution in [0.15, 0.2) is 91.0 Å². The molecule has 0 aliphatic heterocycles. The van der Waals surface area contributed by atoms with Crippen LogP contribution in [0.1, 0.15) is 22.8 Å². The molecule has 4 aromatic rings. The SMILES string of the molecule is CC(Oc1ccc2ccccc2c1)C(=O)Nc1ccc(Cl)cc1C(=O)c1ccccc1. The highest BCUT2D eigenvalue weighted by atomic mass is 35.5. The highest BCUT2D eigenvalue weighted by Crippen LogP contribution is 2.25. The summed E-state index contributed by atoms with van der Waals surface area (Å²) in [5.41, 5.74) is 1.22. The van der Waals surface area contributed by atoms with Crippen molar-refractivity contribution in [3.05, 3.63) is 107 Å². The van der Waals surface area contributed by atoms with Crippen LogP contribution >= 0.6 is 11.6 Å². The highest BCUT2D eigenvalue weighted by Gasteiger charge is 2.20. The molecule has 0 saturated carbocycles. The fourth-order valence-electron chi connectivity index (χ4n) is 3.29. The predicted molar refractivity (Wildman–Crippen MR) is 124 cm³/mol. The molecule has 1 amide bonds. The number of fused-ring (bicyclic) bond motifs is 1. The monoisotopic (exact) mass is 429 g/mol. The molecule has 0 saturated heterocycles. The fourth-order valence-corrected chi connectivity index (χ4v) is 3.46. The summed E-state index contributed by atoms with van der Waals surface area (Å²) in [5, 5.41) is 5.34. The van der Waals surface area contributed by atoms with E-state index in [9.17, 15) is 9.59 Å². The van der Waals surface area contributed by atoms with Crippen molar-refractivity contribution in [3.63, 3.8) is 0 Å². The van der Waals surface area contributed by atoms with Gasteiger partial charge < -0.3 is 10.1 Å². The Balaban J connectivity index is 1.53. The van der Waals surface area contributed by atoms with Gasteiger partial charge in [-0.05, 0) is 48.0 Å². The second kappa shape index (κ2) is 9.02. The van der Waals surface area contributed by atoms with Gasteiger partial charge in [-0.2, -0.15) is 0 Å². The second-order valence-corrected chi connectivity index (χ2v) is 7.58. The quantitative estimate of drug-likeness (QED) is 0.375. The number of nitrogens with one attached hydrogen (secondary N) is 1. The van der Waals surface area contributed by atoms with Crippen molar-refractivity contribution in [1.82, 2.24) is 0 Å². The lowest BCUT2D eigenvalue weighted by molar-refractivity contribution is -0.122. The molecule has 154 valence electrons. The third-order valence-corrected chi connectivity index (χ3v) is 5.16. The minimum absolute atomic E-state index is 0.221. The molecule has 0 aliphatic rings. The number of hydrogen-bond donors (Lipinski definition) is 1. The van der Waals surface area contributed by atoms with E-state index < -0.39 is 6.10 Å². The van der Waals surface area contributed by atoms with Gasteiger partial charge in [-0.15, -0.1) is 0 Å². The number of halogens is 1. The van der Waals surface area contributed by atoms with Gasteiger partial charge >= 0.3 is 0 Å². The van der Waals surface area contributed by atoms with Gasteiger partial charge in [-0.25, -0.2) is 0 Å². The molecule has 0 heterocycles. The molecule has 0 spiro atoms. The summed E-state index contributed by atoms with van der Waals surface area (Å²) in [6.45, 7) is 1.67. The topological polar surface area (TPSA) is 55.4 Å². The molecule has 4 aromatic carbocycles. The number of amides is 1. The number of carbonyl (C=O) groups is 2. The number of hydrogen-bond acceptors (Lipinski definition) is 3. The summed E-state index contributed by atoms with van der Waals surface area (Å²) in [4.78, 5) is 25.7. The first kappa shape index (κ1) is 20.6. The van der Waals surface area contributed by atoms with Crippen LogP contribution < -0.4 is 10.1 Å². The standard InChI is InChI=1S/C26H20ClNO3/c1-17(31-22-13-11-18-7-5-6-10-20(18)15-22)26(30)28-24-14-12-21(27)16-23(24)25(29)19-8-3-2-4-9-19/h2-17H,1H3,(H,28,30). The Hall–Kier alpha value is -3.63. The maximum atomic E-state index is 12.9. The van der Waals surface area contributed by atoms with Gasteiger partial charge in [-0.1, -0.05) is 72.3 Å². The summed E-state index contributed by atoms with van der Waals surface area (Å²) in [6.07, 6.45) is -0.767. The fraction of sp³-hybridized carbons (Fsp3) is 0.0769. The van der Waals surface area contributed by atoms with E-state index in [1.807, 2.05) is 48.5 Å². The zero-order valence-corrected chi connectivity index (χ0v) is 17.6. The van der Waals surface area contributed by atoms with Gasteiger partial charge in [0.2, 0.25) is 0 Å². The maximum absolute atomic E-state index is 12.9. The molecule has 1 N–H and O–H groups in total. The molecule has 5 heteroatoms. The average molecular weight is 430 g/mol. The van der Waals surface area contributed by atoms with Crippen molar-refractivity contribution >= 4 is 39.8 Å². The molecule has 4 rings (SSSR count). The van der Waals surface area contributed by atoms with Crippen LogP contribution in [0, 0.1) is 0 Å². The van der Waals surface area contributed by atoms with Crippen molar-refractivity contribution in [3.8, 4) is 5.75 Å². The first-order chi connectivity index (χ1) is 15.0. The van der Waals surface area contributed by atoms with E-state index in [2.05, 4.69) is 5.32 Å². The molecule has 0 bridgehead atoms. The van der Waals surface area contributed by atoms with Gasteiger partial charge in [0.1, 0.15) is 5.75 Å². The van der Waals surface area contributed by atoms with E-state index in [0.717, 1.165) is 10.8 Å². The zero-order valence-electron chi connectivity index (χ0n) is 16.8. The van der Waals surface area contributed by atoms with Crippen LogP contribution in [0.25, 0.3) is 10.8 Å². The number of ether oxygens (including phenoxy) is 1. The van der Waals surface area contributed by atoms with Gasteiger partial charge in [0.15, 0.2) is 11.9 Å². The Morgan fingerprint density at radius 1 is 0.839 bits per heavy atom. The number of carbonyl (C=O) groups excluding carboxylic acids is 2. The molecular formula is C26H20ClNO3. The van der Waals surface area contributed by atoms with Gasteiger partial charge in [0.25, 0.3) is 5.91 Å². The average Bonchev–Trinajstić information content (AvgIpc) is 2.80. The molecule has 0 aliphatic carbocycles.